The van der Waals surface area contributed by atoms with Crippen LogP contribution in [0.25, 0.3) is 0 Å². The van der Waals surface area contributed by atoms with Gasteiger partial charge in [-0.2, -0.15) is 10.4 Å². The van der Waals surface area contributed by atoms with Crippen molar-refractivity contribution in [2.75, 3.05) is 45.4 Å². The maximum atomic E-state index is 11.2. The molecule has 0 radical (unpaired) electrons. The maximum absolute atomic E-state index is 11.2. The predicted octanol–water partition coefficient (Wildman–Crippen LogP) is 4.56. The molecule has 0 saturated carbocycles. The molecule has 13 nitrogen and oxygen atoms in total. The minimum absolute atomic E-state index is 0.0274. The lowest BCUT2D eigenvalue weighted by Gasteiger charge is -2.25. The fourth-order valence-corrected chi connectivity index (χ4v) is 2.84. The molecule has 0 aliphatic carbocycles. The lowest BCUT2D eigenvalue weighted by atomic mass is 10.1. The van der Waals surface area contributed by atoms with Crippen LogP contribution in [0.5, 0.6) is 0 Å². The summed E-state index contributed by atoms with van der Waals surface area (Å²) in [6.07, 6.45) is -1.63. The van der Waals surface area contributed by atoms with E-state index in [0.29, 0.717) is 5.69 Å². The number of nitro groups is 1. The van der Waals surface area contributed by atoms with E-state index in [1.807, 2.05) is 17.0 Å². The van der Waals surface area contributed by atoms with E-state index in [-0.39, 0.29) is 43.2 Å². The van der Waals surface area contributed by atoms with Crippen molar-refractivity contribution >= 4 is 35.1 Å². The van der Waals surface area contributed by atoms with Crippen LogP contribution in [0, 0.1) is 28.4 Å². The van der Waals surface area contributed by atoms with E-state index in [1.165, 1.54) is 26.4 Å². The summed E-state index contributed by atoms with van der Waals surface area (Å²) < 4.78 is 18.8. The number of nitriles is 1. The molecule has 0 atom stereocenters. The molecule has 0 saturated heterocycles. The number of hydrogen-bond donors (Lipinski definition) is 0. The first-order valence-corrected chi connectivity index (χ1v) is 10.2. The summed E-state index contributed by atoms with van der Waals surface area (Å²) in [4.78, 5) is 34.6. The van der Waals surface area contributed by atoms with E-state index in [2.05, 4.69) is 19.7 Å². The maximum Gasteiger partial charge on any atom is 0.508 e. The Bertz CT molecular complexity index is 1120. The summed E-state index contributed by atoms with van der Waals surface area (Å²) in [7, 11) is 2.41. The minimum atomic E-state index is -0.814. The Morgan fingerprint density at radius 1 is 1.00 bits per heavy atom. The first-order valence-electron chi connectivity index (χ1n) is 10.2. The summed E-state index contributed by atoms with van der Waals surface area (Å²) in [6, 6.07) is 10.9. The van der Waals surface area contributed by atoms with Gasteiger partial charge >= 0.3 is 12.3 Å². The molecular formula is C22H23N5O8. The van der Waals surface area contributed by atoms with Crippen LogP contribution in [-0.2, 0) is 18.9 Å². The van der Waals surface area contributed by atoms with Crippen LogP contribution in [0.1, 0.15) is 11.1 Å². The van der Waals surface area contributed by atoms with Crippen LogP contribution < -0.4 is 4.90 Å². The number of non-ortho nitro benzene ring substituents is 1. The summed E-state index contributed by atoms with van der Waals surface area (Å²) >= 11 is 0. The van der Waals surface area contributed by atoms with Crippen molar-refractivity contribution in [2.24, 2.45) is 10.2 Å². The monoisotopic (exact) mass is 485 g/mol. The standard InChI is InChI=1S/C22H23N5O8/c1-15-12-17(26(8-10-34-21(28)32-2)9-11-35-22(29)33-3)4-6-19(15)24-25-20-7-5-18(27(30)31)13-16(20)14-23/h4-7,12-13H,8-11H2,1-3H3. The molecule has 13 heteroatoms. The van der Waals surface area contributed by atoms with Crippen LogP contribution in [0.4, 0.5) is 32.3 Å². The number of anilines is 1. The zero-order chi connectivity index (χ0) is 25.8. The van der Waals surface area contributed by atoms with Crippen molar-refractivity contribution in [1.29, 1.82) is 5.26 Å². The SMILES string of the molecule is COC(=O)OCCN(CCOC(=O)OC)c1ccc(N=Nc2ccc([N+](=O)[O-])cc2C#N)c(C)c1. The van der Waals surface area contributed by atoms with Crippen LogP contribution in [0.3, 0.4) is 0 Å². The van der Waals surface area contributed by atoms with Crippen molar-refractivity contribution < 1.29 is 33.5 Å². The van der Waals surface area contributed by atoms with Crippen LogP contribution in [-0.4, -0.2) is 57.8 Å². The van der Waals surface area contributed by atoms with Gasteiger partial charge in [0, 0.05) is 17.8 Å². The molecule has 0 fully saturated rings. The Morgan fingerprint density at radius 3 is 2.09 bits per heavy atom. The van der Waals surface area contributed by atoms with E-state index in [0.717, 1.165) is 17.3 Å². The molecule has 184 valence electrons. The van der Waals surface area contributed by atoms with Crippen LogP contribution in [0.2, 0.25) is 0 Å². The third-order valence-corrected chi connectivity index (χ3v) is 4.62. The van der Waals surface area contributed by atoms with Gasteiger partial charge in [-0.05, 0) is 36.8 Å². The number of carbonyl (C=O) groups is 2. The largest absolute Gasteiger partial charge is 0.508 e. The van der Waals surface area contributed by atoms with E-state index in [9.17, 15) is 25.0 Å². The number of nitro benzene ring substituents is 1. The van der Waals surface area contributed by atoms with Gasteiger partial charge in [0.1, 0.15) is 25.0 Å². The Hall–Kier alpha value is -4.73. The number of hydrogen-bond acceptors (Lipinski definition) is 12. The smallest absolute Gasteiger partial charge is 0.438 e. The van der Waals surface area contributed by atoms with E-state index >= 15 is 0 Å². The summed E-state index contributed by atoms with van der Waals surface area (Å²) in [5, 5.41) is 28.4. The minimum Gasteiger partial charge on any atom is -0.438 e. The van der Waals surface area contributed by atoms with Gasteiger partial charge < -0.3 is 23.8 Å². The number of ether oxygens (including phenoxy) is 4. The zero-order valence-corrected chi connectivity index (χ0v) is 19.3. The average Bonchev–Trinajstić information content (AvgIpc) is 2.86. The number of nitrogens with zero attached hydrogens (tertiary/aromatic N) is 5. The molecule has 0 aromatic heterocycles. The molecule has 2 aromatic rings. The Kier molecular flexibility index (Phi) is 9.92. The predicted molar refractivity (Wildman–Crippen MR) is 122 cm³/mol. The molecule has 0 bridgehead atoms. The highest BCUT2D eigenvalue weighted by Gasteiger charge is 2.13. The second kappa shape index (κ2) is 13.1. The number of carbonyl (C=O) groups excluding carboxylic acids is 2. The molecule has 0 spiro atoms. The highest BCUT2D eigenvalue weighted by Crippen LogP contribution is 2.29. The first kappa shape index (κ1) is 26.5. The Balaban J connectivity index is 2.20. The lowest BCUT2D eigenvalue weighted by molar-refractivity contribution is -0.384. The van der Waals surface area contributed by atoms with Gasteiger partial charge in [0.2, 0.25) is 0 Å². The van der Waals surface area contributed by atoms with Crippen molar-refractivity contribution in [2.45, 2.75) is 6.92 Å². The summed E-state index contributed by atoms with van der Waals surface area (Å²) in [5.74, 6) is 0. The molecule has 0 amide bonds. The van der Waals surface area contributed by atoms with Gasteiger partial charge in [0.15, 0.2) is 0 Å². The highest BCUT2D eigenvalue weighted by atomic mass is 16.7. The number of rotatable bonds is 10. The number of benzene rings is 2. The zero-order valence-electron chi connectivity index (χ0n) is 19.3. The van der Waals surface area contributed by atoms with Crippen LogP contribution in [0.15, 0.2) is 46.6 Å². The van der Waals surface area contributed by atoms with Gasteiger partial charge in [0.05, 0.1) is 43.5 Å². The second-order valence-corrected chi connectivity index (χ2v) is 6.83. The van der Waals surface area contributed by atoms with Gasteiger partial charge in [-0.15, -0.1) is 5.11 Å². The quantitative estimate of drug-likeness (QED) is 0.201. The third kappa shape index (κ3) is 7.97. The number of aryl methyl sites for hydroxylation is 1. The second-order valence-electron chi connectivity index (χ2n) is 6.83. The van der Waals surface area contributed by atoms with Gasteiger partial charge in [-0.3, -0.25) is 10.1 Å². The van der Waals surface area contributed by atoms with E-state index < -0.39 is 17.2 Å². The molecule has 0 unspecified atom stereocenters. The fraction of sp³-hybridized carbons (Fsp3) is 0.318. The van der Waals surface area contributed by atoms with Gasteiger partial charge in [0.25, 0.3) is 5.69 Å². The van der Waals surface area contributed by atoms with Crippen molar-refractivity contribution in [3.8, 4) is 6.07 Å². The summed E-state index contributed by atoms with van der Waals surface area (Å²) in [5.41, 5.74) is 1.99. The molecule has 35 heavy (non-hydrogen) atoms. The third-order valence-electron chi connectivity index (χ3n) is 4.62. The molecule has 0 aliphatic heterocycles. The topological polar surface area (TPSA) is 166 Å². The fourth-order valence-electron chi connectivity index (χ4n) is 2.84. The van der Waals surface area contributed by atoms with E-state index in [4.69, 9.17) is 9.47 Å². The lowest BCUT2D eigenvalue weighted by Crippen LogP contribution is -2.32. The summed E-state index contributed by atoms with van der Waals surface area (Å²) in [6.45, 7) is 2.43. The molecule has 0 N–H and O–H groups in total. The van der Waals surface area contributed by atoms with Gasteiger partial charge in [-0.25, -0.2) is 9.59 Å². The van der Waals surface area contributed by atoms with Gasteiger partial charge in [-0.1, -0.05) is 0 Å². The average molecular weight is 485 g/mol. The normalized spacial score (nSPS) is 10.3. The Morgan fingerprint density at radius 2 is 1.57 bits per heavy atom. The highest BCUT2D eigenvalue weighted by molar-refractivity contribution is 5.61. The number of azo groups is 1. The Labute approximate surface area is 200 Å². The van der Waals surface area contributed by atoms with Crippen molar-refractivity contribution in [3.05, 3.63) is 57.6 Å². The molecule has 0 aliphatic rings. The number of methoxy groups -OCH3 is 2. The molecule has 2 rings (SSSR count). The van der Waals surface area contributed by atoms with Crippen LogP contribution >= 0.6 is 0 Å². The molecule has 0 heterocycles. The first-order chi connectivity index (χ1) is 16.8. The molecule has 2 aromatic carbocycles. The van der Waals surface area contributed by atoms with Crippen molar-refractivity contribution in [1.82, 2.24) is 0 Å². The molecular weight excluding hydrogens is 462 g/mol. The van der Waals surface area contributed by atoms with E-state index in [1.54, 1.807) is 19.1 Å². The van der Waals surface area contributed by atoms with Crippen molar-refractivity contribution in [3.63, 3.8) is 0 Å².